The number of nitriles is 1. The van der Waals surface area contributed by atoms with Crippen molar-refractivity contribution in [3.63, 3.8) is 0 Å². The van der Waals surface area contributed by atoms with Crippen molar-refractivity contribution in [3.05, 3.63) is 85.9 Å². The van der Waals surface area contributed by atoms with Crippen LogP contribution in [0.5, 0.6) is 5.88 Å². The Morgan fingerprint density at radius 3 is 2.78 bits per heavy atom. The minimum absolute atomic E-state index is 0.0229. The molecule has 0 spiro atoms. The number of nitrogens with zero attached hydrogens (tertiary/aromatic N) is 4. The van der Waals surface area contributed by atoms with E-state index in [9.17, 15) is 15.2 Å². The Labute approximate surface area is 164 Å². The lowest BCUT2D eigenvalue weighted by Gasteiger charge is -2.14. The molecule has 0 aliphatic heterocycles. The Morgan fingerprint density at radius 1 is 1.33 bits per heavy atom. The topological polar surface area (TPSA) is 91.3 Å². The van der Waals surface area contributed by atoms with Gasteiger partial charge < -0.3 is 5.11 Å². The van der Waals surface area contributed by atoms with Gasteiger partial charge in [-0.2, -0.15) is 5.26 Å². The predicted molar refractivity (Wildman–Crippen MR) is 107 cm³/mol. The zero-order valence-corrected chi connectivity index (χ0v) is 16.0. The van der Waals surface area contributed by atoms with Gasteiger partial charge in [0.2, 0.25) is 5.88 Å². The van der Waals surface area contributed by atoms with Crippen molar-refractivity contribution in [3.8, 4) is 11.9 Å². The summed E-state index contributed by atoms with van der Waals surface area (Å²) >= 11 is 3.41. The van der Waals surface area contributed by atoms with Crippen molar-refractivity contribution in [1.29, 1.82) is 5.26 Å². The first-order valence-electron chi connectivity index (χ1n) is 8.07. The van der Waals surface area contributed by atoms with Crippen LogP contribution in [-0.2, 0) is 6.54 Å². The van der Waals surface area contributed by atoms with E-state index in [4.69, 9.17) is 0 Å². The number of benzene rings is 1. The third-order valence-corrected chi connectivity index (χ3v) is 4.77. The van der Waals surface area contributed by atoms with Crippen LogP contribution >= 0.6 is 15.9 Å². The van der Waals surface area contributed by atoms with Crippen LogP contribution in [-0.4, -0.2) is 20.9 Å². The first-order chi connectivity index (χ1) is 13.0. The fourth-order valence-corrected chi connectivity index (χ4v) is 3.02. The smallest absolute Gasteiger partial charge is 0.271 e. The molecular formula is C20H15BrN4O2. The van der Waals surface area contributed by atoms with E-state index in [0.717, 1.165) is 14.6 Å². The van der Waals surface area contributed by atoms with E-state index >= 15 is 0 Å². The van der Waals surface area contributed by atoms with Gasteiger partial charge in [-0.05, 0) is 52.2 Å². The van der Waals surface area contributed by atoms with Crippen LogP contribution in [0.25, 0.3) is 0 Å². The minimum Gasteiger partial charge on any atom is -0.494 e. The number of halogens is 1. The van der Waals surface area contributed by atoms with E-state index in [1.54, 1.807) is 31.5 Å². The Morgan fingerprint density at radius 2 is 2.11 bits per heavy atom. The van der Waals surface area contributed by atoms with E-state index in [2.05, 4.69) is 25.9 Å². The van der Waals surface area contributed by atoms with Gasteiger partial charge in [-0.25, -0.2) is 0 Å². The van der Waals surface area contributed by atoms with Gasteiger partial charge in [0.15, 0.2) is 0 Å². The molecule has 1 N–H and O–H groups in total. The fraction of sp³-hybridized carbons (Fsp3) is 0.100. The molecule has 7 heteroatoms. The quantitative estimate of drug-likeness (QED) is 0.648. The van der Waals surface area contributed by atoms with Crippen LogP contribution in [0.2, 0.25) is 0 Å². The average Bonchev–Trinajstić information content (AvgIpc) is 2.67. The van der Waals surface area contributed by atoms with E-state index in [1.807, 2.05) is 30.3 Å². The van der Waals surface area contributed by atoms with E-state index in [-0.39, 0.29) is 18.0 Å². The zero-order valence-electron chi connectivity index (χ0n) is 14.4. The SMILES string of the molecule is Cc1c(C=Nc2ccccc2Br)c(O)n(Cc2cccnc2)c(=O)c1C#N. The lowest BCUT2D eigenvalue weighted by molar-refractivity contribution is 0.413. The molecule has 0 aliphatic rings. The lowest BCUT2D eigenvalue weighted by Crippen LogP contribution is -2.26. The second kappa shape index (κ2) is 7.98. The Bertz CT molecular complexity index is 1120. The maximum absolute atomic E-state index is 12.6. The fourth-order valence-electron chi connectivity index (χ4n) is 2.64. The highest BCUT2D eigenvalue weighted by atomic mass is 79.9. The molecule has 0 aliphatic carbocycles. The summed E-state index contributed by atoms with van der Waals surface area (Å²) in [7, 11) is 0. The summed E-state index contributed by atoms with van der Waals surface area (Å²) in [6.45, 7) is 1.72. The number of hydrogen-bond donors (Lipinski definition) is 1. The molecule has 0 unspecified atom stereocenters. The number of aliphatic imine (C=N–C) groups is 1. The Hall–Kier alpha value is -3.24. The molecule has 0 radical (unpaired) electrons. The first kappa shape index (κ1) is 18.5. The van der Waals surface area contributed by atoms with Gasteiger partial charge in [-0.15, -0.1) is 0 Å². The molecule has 0 atom stereocenters. The van der Waals surface area contributed by atoms with Crippen molar-refractivity contribution >= 4 is 27.8 Å². The highest BCUT2D eigenvalue weighted by Gasteiger charge is 2.18. The molecule has 0 amide bonds. The minimum atomic E-state index is -0.547. The molecule has 3 rings (SSSR count). The molecule has 0 saturated heterocycles. The van der Waals surface area contributed by atoms with Crippen molar-refractivity contribution in [2.45, 2.75) is 13.5 Å². The van der Waals surface area contributed by atoms with Crippen LogP contribution in [0.3, 0.4) is 0 Å². The van der Waals surface area contributed by atoms with Gasteiger partial charge in [0.25, 0.3) is 5.56 Å². The molecule has 27 heavy (non-hydrogen) atoms. The van der Waals surface area contributed by atoms with Crippen molar-refractivity contribution in [2.75, 3.05) is 0 Å². The van der Waals surface area contributed by atoms with E-state index < -0.39 is 5.56 Å². The maximum atomic E-state index is 12.6. The highest BCUT2D eigenvalue weighted by molar-refractivity contribution is 9.10. The Kier molecular flexibility index (Phi) is 5.48. The van der Waals surface area contributed by atoms with Crippen molar-refractivity contribution in [1.82, 2.24) is 9.55 Å². The summed E-state index contributed by atoms with van der Waals surface area (Å²) in [5.74, 6) is -0.240. The molecule has 1 aromatic carbocycles. The van der Waals surface area contributed by atoms with Gasteiger partial charge in [0.05, 0.1) is 17.8 Å². The third-order valence-electron chi connectivity index (χ3n) is 4.10. The van der Waals surface area contributed by atoms with E-state index in [1.165, 1.54) is 6.21 Å². The van der Waals surface area contributed by atoms with Crippen LogP contribution in [0.15, 0.2) is 63.1 Å². The monoisotopic (exact) mass is 422 g/mol. The molecular weight excluding hydrogens is 408 g/mol. The summed E-state index contributed by atoms with van der Waals surface area (Å²) in [5.41, 5.74) is 1.54. The van der Waals surface area contributed by atoms with Crippen molar-refractivity contribution < 1.29 is 5.11 Å². The Balaban J connectivity index is 2.14. The van der Waals surface area contributed by atoms with Gasteiger partial charge >= 0.3 is 0 Å². The third kappa shape index (κ3) is 3.81. The summed E-state index contributed by atoms with van der Waals surface area (Å²) in [5, 5.41) is 20.1. The van der Waals surface area contributed by atoms with Crippen LogP contribution < -0.4 is 5.56 Å². The molecule has 0 bridgehead atoms. The molecule has 3 aromatic rings. The zero-order chi connectivity index (χ0) is 19.4. The van der Waals surface area contributed by atoms with Crippen LogP contribution in [0.4, 0.5) is 5.69 Å². The standard InChI is InChI=1S/C20H15BrN4O2/c1-13-15(9-22)19(26)25(12-14-5-4-8-23-10-14)20(27)16(13)11-24-18-7-3-2-6-17(18)21/h2-8,10-11,27H,12H2,1H3. The average molecular weight is 423 g/mol. The molecule has 2 aromatic heterocycles. The van der Waals surface area contributed by atoms with E-state index in [0.29, 0.717) is 16.8 Å². The second-order valence-corrected chi connectivity index (χ2v) is 6.67. The number of pyridine rings is 2. The summed E-state index contributed by atoms with van der Waals surface area (Å²) in [6.07, 6.45) is 4.69. The van der Waals surface area contributed by atoms with Gasteiger partial charge in [0.1, 0.15) is 11.6 Å². The summed E-state index contributed by atoms with van der Waals surface area (Å²) in [4.78, 5) is 21.0. The number of hydrogen-bond acceptors (Lipinski definition) is 5. The second-order valence-electron chi connectivity index (χ2n) is 5.81. The summed E-state index contributed by atoms with van der Waals surface area (Å²) < 4.78 is 1.95. The number of para-hydroxylation sites is 1. The van der Waals surface area contributed by atoms with Gasteiger partial charge in [-0.3, -0.25) is 19.3 Å². The lowest BCUT2D eigenvalue weighted by atomic mass is 10.1. The van der Waals surface area contributed by atoms with Gasteiger partial charge in [-0.1, -0.05) is 18.2 Å². The summed E-state index contributed by atoms with van der Waals surface area (Å²) in [6, 6.07) is 12.8. The number of aromatic nitrogens is 2. The predicted octanol–water partition coefficient (Wildman–Crippen LogP) is 3.69. The first-order valence-corrected chi connectivity index (χ1v) is 8.86. The molecule has 134 valence electrons. The molecule has 6 nitrogen and oxygen atoms in total. The van der Waals surface area contributed by atoms with Gasteiger partial charge in [0, 0.05) is 23.1 Å². The molecule has 0 saturated carbocycles. The van der Waals surface area contributed by atoms with Crippen LogP contribution in [0.1, 0.15) is 22.3 Å². The number of aromatic hydroxyl groups is 1. The molecule has 2 heterocycles. The van der Waals surface area contributed by atoms with Crippen molar-refractivity contribution in [2.24, 2.45) is 4.99 Å². The van der Waals surface area contributed by atoms with Crippen LogP contribution in [0, 0.1) is 18.3 Å². The highest BCUT2D eigenvalue weighted by Crippen LogP contribution is 2.26. The largest absolute Gasteiger partial charge is 0.494 e. The molecule has 0 fully saturated rings. The maximum Gasteiger partial charge on any atom is 0.271 e. The number of rotatable bonds is 4. The normalized spacial score (nSPS) is 10.9.